The van der Waals surface area contributed by atoms with E-state index < -0.39 is 0 Å². The van der Waals surface area contributed by atoms with E-state index in [-0.39, 0.29) is 11.8 Å². The predicted octanol–water partition coefficient (Wildman–Crippen LogP) is 3.71. The van der Waals surface area contributed by atoms with Crippen molar-refractivity contribution in [3.8, 4) is 0 Å². The largest absolute Gasteiger partial charge is 0.326 e. The summed E-state index contributed by atoms with van der Waals surface area (Å²) in [6.45, 7) is 0. The summed E-state index contributed by atoms with van der Waals surface area (Å²) < 4.78 is 0. The molecule has 90 valence electrons. The highest BCUT2D eigenvalue weighted by Gasteiger charge is 2.42. The Kier molecular flexibility index (Phi) is 2.83. The van der Waals surface area contributed by atoms with Gasteiger partial charge in [-0.1, -0.05) is 18.0 Å². The number of halogens is 1. The van der Waals surface area contributed by atoms with E-state index in [2.05, 4.69) is 5.32 Å². The van der Waals surface area contributed by atoms with Gasteiger partial charge in [0.15, 0.2) is 0 Å². The van der Waals surface area contributed by atoms with Crippen molar-refractivity contribution in [1.29, 1.82) is 0 Å². The summed E-state index contributed by atoms with van der Waals surface area (Å²) >= 11 is 5.81. The van der Waals surface area contributed by atoms with Gasteiger partial charge in [0.05, 0.1) is 0 Å². The van der Waals surface area contributed by atoms with E-state index in [1.165, 1.54) is 19.3 Å². The smallest absolute Gasteiger partial charge is 0.227 e. The Morgan fingerprint density at radius 1 is 1.18 bits per heavy atom. The fourth-order valence-electron chi connectivity index (χ4n) is 3.33. The summed E-state index contributed by atoms with van der Waals surface area (Å²) in [5.41, 5.74) is 0.849. The average molecular weight is 250 g/mol. The van der Waals surface area contributed by atoms with Gasteiger partial charge >= 0.3 is 0 Å². The van der Waals surface area contributed by atoms with Crippen molar-refractivity contribution in [1.82, 2.24) is 0 Å². The lowest BCUT2D eigenvalue weighted by Crippen LogP contribution is -2.27. The van der Waals surface area contributed by atoms with Crippen LogP contribution in [0.4, 0.5) is 5.69 Å². The number of nitrogens with one attached hydrogen (secondary N) is 1. The fraction of sp³-hybridized carbons (Fsp3) is 0.500. The van der Waals surface area contributed by atoms with E-state index in [1.54, 1.807) is 12.1 Å². The van der Waals surface area contributed by atoms with E-state index in [9.17, 15) is 4.79 Å². The standard InChI is InChI=1S/C14H16ClNO/c15-11-3-5-12(6-4-11)16-14(17)13-8-9-1-2-10(13)7-9/h3-6,9-10,13H,1-2,7-8H2,(H,16,17)/t9?,10-,13+/m1/s1. The Morgan fingerprint density at radius 2 is 1.94 bits per heavy atom. The maximum Gasteiger partial charge on any atom is 0.227 e. The molecule has 3 atom stereocenters. The molecule has 1 aromatic rings. The van der Waals surface area contributed by atoms with E-state index in [0.717, 1.165) is 18.0 Å². The Morgan fingerprint density at radius 3 is 2.53 bits per heavy atom. The number of anilines is 1. The highest BCUT2D eigenvalue weighted by atomic mass is 35.5. The van der Waals surface area contributed by atoms with Crippen molar-refractivity contribution in [2.75, 3.05) is 5.32 Å². The number of amides is 1. The first-order valence-corrected chi connectivity index (χ1v) is 6.66. The van der Waals surface area contributed by atoms with Crippen molar-refractivity contribution in [2.45, 2.75) is 25.7 Å². The SMILES string of the molecule is O=C(Nc1ccc(Cl)cc1)[C@H]1CC2CC[C@@H]1C2. The summed E-state index contributed by atoms with van der Waals surface area (Å²) in [6.07, 6.45) is 4.92. The zero-order valence-corrected chi connectivity index (χ0v) is 10.4. The average Bonchev–Trinajstić information content (AvgIpc) is 2.94. The van der Waals surface area contributed by atoms with E-state index >= 15 is 0 Å². The third-order valence-electron chi connectivity index (χ3n) is 4.19. The lowest BCUT2D eigenvalue weighted by molar-refractivity contribution is -0.121. The predicted molar refractivity (Wildman–Crippen MR) is 69.0 cm³/mol. The number of carbonyl (C=O) groups is 1. The topological polar surface area (TPSA) is 29.1 Å². The van der Waals surface area contributed by atoms with Crippen molar-refractivity contribution in [3.05, 3.63) is 29.3 Å². The van der Waals surface area contributed by atoms with Crippen LogP contribution >= 0.6 is 11.6 Å². The molecule has 0 radical (unpaired) electrons. The molecule has 17 heavy (non-hydrogen) atoms. The van der Waals surface area contributed by atoms with Crippen LogP contribution in [0.2, 0.25) is 5.02 Å². The molecule has 1 unspecified atom stereocenters. The van der Waals surface area contributed by atoms with Crippen LogP contribution in [0.25, 0.3) is 0 Å². The number of hydrogen-bond donors (Lipinski definition) is 1. The minimum Gasteiger partial charge on any atom is -0.326 e. The van der Waals surface area contributed by atoms with Gasteiger partial charge in [-0.15, -0.1) is 0 Å². The molecule has 2 bridgehead atoms. The van der Waals surface area contributed by atoms with Gasteiger partial charge in [0.25, 0.3) is 0 Å². The van der Waals surface area contributed by atoms with Crippen molar-refractivity contribution >= 4 is 23.2 Å². The maximum atomic E-state index is 12.1. The molecule has 0 aliphatic heterocycles. The lowest BCUT2D eigenvalue weighted by atomic mass is 9.88. The molecular weight excluding hydrogens is 234 g/mol. The molecule has 2 nitrogen and oxygen atoms in total. The molecule has 0 heterocycles. The quantitative estimate of drug-likeness (QED) is 0.851. The molecule has 2 saturated carbocycles. The number of fused-ring (bicyclic) bond motifs is 2. The normalized spacial score (nSPS) is 30.5. The van der Waals surface area contributed by atoms with Gasteiger partial charge in [-0.25, -0.2) is 0 Å². The van der Waals surface area contributed by atoms with Gasteiger partial charge in [-0.05, 0) is 55.4 Å². The monoisotopic (exact) mass is 249 g/mol. The third-order valence-corrected chi connectivity index (χ3v) is 4.44. The van der Waals surface area contributed by atoms with Gasteiger partial charge in [-0.3, -0.25) is 4.79 Å². The van der Waals surface area contributed by atoms with Crippen LogP contribution in [0, 0.1) is 17.8 Å². The first-order chi connectivity index (χ1) is 8.22. The molecule has 1 N–H and O–H groups in total. The summed E-state index contributed by atoms with van der Waals surface area (Å²) in [7, 11) is 0. The second-order valence-corrected chi connectivity index (χ2v) is 5.71. The molecule has 0 aromatic heterocycles. The first kappa shape index (κ1) is 11.1. The van der Waals surface area contributed by atoms with Crippen LogP contribution < -0.4 is 5.32 Å². The highest BCUT2D eigenvalue weighted by molar-refractivity contribution is 6.30. The summed E-state index contributed by atoms with van der Waals surface area (Å²) in [5.74, 6) is 1.87. The number of hydrogen-bond acceptors (Lipinski definition) is 1. The molecule has 3 rings (SSSR count). The van der Waals surface area contributed by atoms with Gasteiger partial charge in [-0.2, -0.15) is 0 Å². The van der Waals surface area contributed by atoms with Gasteiger partial charge in [0.1, 0.15) is 0 Å². The van der Waals surface area contributed by atoms with Crippen LogP contribution in [-0.2, 0) is 4.79 Å². The third kappa shape index (κ3) is 2.19. The number of carbonyl (C=O) groups excluding carboxylic acids is 1. The van der Waals surface area contributed by atoms with Crippen molar-refractivity contribution in [3.63, 3.8) is 0 Å². The first-order valence-electron chi connectivity index (χ1n) is 6.29. The maximum absolute atomic E-state index is 12.1. The molecule has 2 aliphatic rings. The van der Waals surface area contributed by atoms with Crippen LogP contribution in [0.3, 0.4) is 0 Å². The van der Waals surface area contributed by atoms with Crippen LogP contribution in [0.15, 0.2) is 24.3 Å². The van der Waals surface area contributed by atoms with Gasteiger partial charge in [0.2, 0.25) is 5.91 Å². The Hall–Kier alpha value is -1.02. The molecule has 0 spiro atoms. The molecule has 2 fully saturated rings. The molecule has 0 saturated heterocycles. The van der Waals surface area contributed by atoms with Gasteiger partial charge < -0.3 is 5.32 Å². The van der Waals surface area contributed by atoms with E-state index in [1.807, 2.05) is 12.1 Å². The Balaban J connectivity index is 1.65. The van der Waals surface area contributed by atoms with Crippen LogP contribution in [0.1, 0.15) is 25.7 Å². The lowest BCUT2D eigenvalue weighted by Gasteiger charge is -2.20. The van der Waals surface area contributed by atoms with Crippen molar-refractivity contribution in [2.24, 2.45) is 17.8 Å². The summed E-state index contributed by atoms with van der Waals surface area (Å²) in [4.78, 5) is 12.1. The van der Waals surface area contributed by atoms with Crippen LogP contribution in [-0.4, -0.2) is 5.91 Å². The molecule has 1 amide bonds. The summed E-state index contributed by atoms with van der Waals surface area (Å²) in [5, 5.41) is 3.70. The number of benzene rings is 1. The van der Waals surface area contributed by atoms with Crippen LogP contribution in [0.5, 0.6) is 0 Å². The number of rotatable bonds is 2. The van der Waals surface area contributed by atoms with E-state index in [0.29, 0.717) is 10.9 Å². The fourth-order valence-corrected chi connectivity index (χ4v) is 3.46. The molecule has 3 heteroatoms. The van der Waals surface area contributed by atoms with Gasteiger partial charge in [0, 0.05) is 16.6 Å². The Labute approximate surface area is 106 Å². The second kappa shape index (κ2) is 4.34. The minimum absolute atomic E-state index is 0.194. The Bertz CT molecular complexity index is 428. The highest BCUT2D eigenvalue weighted by Crippen LogP contribution is 2.48. The zero-order chi connectivity index (χ0) is 11.8. The molecular formula is C14H16ClNO. The molecule has 2 aliphatic carbocycles. The van der Waals surface area contributed by atoms with Crippen molar-refractivity contribution < 1.29 is 4.79 Å². The minimum atomic E-state index is 0.194. The zero-order valence-electron chi connectivity index (χ0n) is 9.66. The summed E-state index contributed by atoms with van der Waals surface area (Å²) in [6, 6.07) is 7.32. The molecule has 1 aromatic carbocycles. The second-order valence-electron chi connectivity index (χ2n) is 5.28. The van der Waals surface area contributed by atoms with E-state index in [4.69, 9.17) is 11.6 Å².